The van der Waals surface area contributed by atoms with Crippen molar-refractivity contribution in [3.63, 3.8) is 0 Å². The van der Waals surface area contributed by atoms with Crippen LogP contribution in [0.25, 0.3) is 0 Å². The molecule has 1 saturated heterocycles. The Labute approximate surface area is 162 Å². The Hall–Kier alpha value is -2.67. The number of aryl methyl sites for hydroxylation is 1. The fourth-order valence-corrected chi connectivity index (χ4v) is 3.73. The van der Waals surface area contributed by atoms with Crippen LogP contribution in [0.3, 0.4) is 0 Å². The molecule has 1 fully saturated rings. The fourth-order valence-electron chi connectivity index (χ4n) is 3.09. The minimum absolute atomic E-state index is 0.0442. The summed E-state index contributed by atoms with van der Waals surface area (Å²) in [6, 6.07) is 7.19. The summed E-state index contributed by atoms with van der Waals surface area (Å²) in [7, 11) is 0. The number of hydrogen-bond donors (Lipinski definition) is 2. The van der Waals surface area contributed by atoms with Gasteiger partial charge in [-0.2, -0.15) is 11.3 Å². The van der Waals surface area contributed by atoms with E-state index in [1.807, 2.05) is 29.3 Å². The number of hydrogen-bond acceptors (Lipinski definition) is 4. The molecular formula is C20H23N3O3S. The minimum atomic E-state index is -0.231. The summed E-state index contributed by atoms with van der Waals surface area (Å²) in [6.45, 7) is 3.63. The lowest BCUT2D eigenvalue weighted by Crippen LogP contribution is -2.30. The number of benzene rings is 1. The van der Waals surface area contributed by atoms with Crippen molar-refractivity contribution in [2.75, 3.05) is 25.0 Å². The zero-order chi connectivity index (χ0) is 19.2. The van der Waals surface area contributed by atoms with Crippen LogP contribution >= 0.6 is 11.3 Å². The molecule has 0 radical (unpaired) electrons. The molecule has 2 N–H and O–H groups in total. The van der Waals surface area contributed by atoms with Crippen LogP contribution in [0.5, 0.6) is 0 Å². The Balaban J connectivity index is 1.60. The number of rotatable bonds is 6. The van der Waals surface area contributed by atoms with Crippen molar-refractivity contribution in [1.82, 2.24) is 10.2 Å². The minimum Gasteiger partial charge on any atom is -0.351 e. The predicted molar refractivity (Wildman–Crippen MR) is 106 cm³/mol. The molecule has 0 saturated carbocycles. The highest BCUT2D eigenvalue weighted by molar-refractivity contribution is 7.08. The number of nitrogens with zero attached hydrogens (tertiary/aromatic N) is 1. The Bertz CT molecular complexity index is 827. The van der Waals surface area contributed by atoms with Crippen LogP contribution in [0.15, 0.2) is 35.0 Å². The highest BCUT2D eigenvalue weighted by atomic mass is 32.1. The van der Waals surface area contributed by atoms with Crippen molar-refractivity contribution in [2.24, 2.45) is 0 Å². The van der Waals surface area contributed by atoms with Crippen molar-refractivity contribution in [3.8, 4) is 0 Å². The third kappa shape index (κ3) is 4.74. The molecular weight excluding hydrogens is 362 g/mol. The zero-order valence-electron chi connectivity index (χ0n) is 15.3. The van der Waals surface area contributed by atoms with Gasteiger partial charge in [-0.25, -0.2) is 0 Å². The number of nitrogens with one attached hydrogen (secondary N) is 2. The lowest BCUT2D eigenvalue weighted by molar-refractivity contribution is -0.116. The first kappa shape index (κ1) is 19.1. The molecule has 1 aromatic heterocycles. The molecule has 3 amide bonds. The van der Waals surface area contributed by atoms with Crippen LogP contribution in [0.4, 0.5) is 5.69 Å². The van der Waals surface area contributed by atoms with E-state index in [2.05, 4.69) is 10.6 Å². The molecule has 0 spiro atoms. The van der Waals surface area contributed by atoms with E-state index in [0.29, 0.717) is 16.8 Å². The number of para-hydroxylation sites is 1. The highest BCUT2D eigenvalue weighted by Gasteiger charge is 2.23. The number of likely N-dealkylation sites (tertiary alicyclic amines) is 1. The second-order valence-corrected chi connectivity index (χ2v) is 7.34. The summed E-state index contributed by atoms with van der Waals surface area (Å²) in [5, 5.41) is 9.18. The summed E-state index contributed by atoms with van der Waals surface area (Å²) in [5.41, 5.74) is 2.52. The molecule has 2 heterocycles. The molecule has 0 bridgehead atoms. The quantitative estimate of drug-likeness (QED) is 0.802. The van der Waals surface area contributed by atoms with Crippen LogP contribution in [0.1, 0.15) is 45.5 Å². The van der Waals surface area contributed by atoms with Crippen LogP contribution < -0.4 is 10.6 Å². The molecule has 0 atom stereocenters. The van der Waals surface area contributed by atoms with E-state index in [9.17, 15) is 14.4 Å². The van der Waals surface area contributed by atoms with Gasteiger partial charge in [0, 0.05) is 37.0 Å². The Kier molecular flexibility index (Phi) is 6.24. The van der Waals surface area contributed by atoms with Gasteiger partial charge in [-0.3, -0.25) is 14.4 Å². The summed E-state index contributed by atoms with van der Waals surface area (Å²) >= 11 is 1.45. The van der Waals surface area contributed by atoms with Crippen LogP contribution in [-0.2, 0) is 4.79 Å². The number of carbonyl (C=O) groups excluding carboxylic acids is 3. The van der Waals surface area contributed by atoms with Gasteiger partial charge in [-0.05, 0) is 42.8 Å². The van der Waals surface area contributed by atoms with E-state index < -0.39 is 0 Å². The normalized spacial score (nSPS) is 13.4. The Morgan fingerprint density at radius 2 is 1.93 bits per heavy atom. The maximum Gasteiger partial charge on any atom is 0.255 e. The summed E-state index contributed by atoms with van der Waals surface area (Å²) in [6.07, 6.45) is 2.17. The van der Waals surface area contributed by atoms with Gasteiger partial charge in [-0.1, -0.05) is 12.1 Å². The molecule has 6 nitrogen and oxygen atoms in total. The van der Waals surface area contributed by atoms with Gasteiger partial charge in [0.2, 0.25) is 5.91 Å². The van der Waals surface area contributed by atoms with Crippen molar-refractivity contribution >= 4 is 34.7 Å². The number of thiophene rings is 1. The SMILES string of the molecule is Cc1cccc(C(=O)N2CCCC2)c1NC(=O)CCNC(=O)c1ccsc1. The smallest absolute Gasteiger partial charge is 0.255 e. The monoisotopic (exact) mass is 385 g/mol. The lowest BCUT2D eigenvalue weighted by Gasteiger charge is -2.19. The standard InChI is InChI=1S/C20H23N3O3S/c1-14-5-4-6-16(20(26)23-10-2-3-11-23)18(14)22-17(24)7-9-21-19(25)15-8-12-27-13-15/h4-6,8,12-13H,2-3,7,9-11H2,1H3,(H,21,25)(H,22,24). The third-order valence-electron chi connectivity index (χ3n) is 4.58. The van der Waals surface area contributed by atoms with Gasteiger partial charge >= 0.3 is 0 Å². The maximum atomic E-state index is 12.8. The lowest BCUT2D eigenvalue weighted by atomic mass is 10.1. The number of amides is 3. The van der Waals surface area contributed by atoms with E-state index in [-0.39, 0.29) is 30.7 Å². The largest absolute Gasteiger partial charge is 0.351 e. The zero-order valence-corrected chi connectivity index (χ0v) is 16.1. The summed E-state index contributed by atoms with van der Waals surface area (Å²) < 4.78 is 0. The fraction of sp³-hybridized carbons (Fsp3) is 0.350. The first-order valence-corrected chi connectivity index (χ1v) is 9.99. The number of carbonyl (C=O) groups is 3. The van der Waals surface area contributed by atoms with Gasteiger partial charge in [0.15, 0.2) is 0 Å². The molecule has 27 heavy (non-hydrogen) atoms. The van der Waals surface area contributed by atoms with Gasteiger partial charge < -0.3 is 15.5 Å². The summed E-state index contributed by atoms with van der Waals surface area (Å²) in [4.78, 5) is 38.8. The average Bonchev–Trinajstić information content (AvgIpc) is 3.36. The summed E-state index contributed by atoms with van der Waals surface area (Å²) in [5.74, 6) is -0.465. The van der Waals surface area contributed by atoms with Crippen LogP contribution in [0, 0.1) is 6.92 Å². The number of anilines is 1. The van der Waals surface area contributed by atoms with Gasteiger partial charge in [0.1, 0.15) is 0 Å². The van der Waals surface area contributed by atoms with E-state index in [0.717, 1.165) is 31.5 Å². The van der Waals surface area contributed by atoms with Crippen molar-refractivity contribution in [2.45, 2.75) is 26.2 Å². The molecule has 0 aliphatic carbocycles. The highest BCUT2D eigenvalue weighted by Crippen LogP contribution is 2.24. The predicted octanol–water partition coefficient (Wildman–Crippen LogP) is 3.05. The second-order valence-electron chi connectivity index (χ2n) is 6.56. The van der Waals surface area contributed by atoms with Gasteiger partial charge in [0.05, 0.1) is 11.3 Å². The van der Waals surface area contributed by atoms with Crippen molar-refractivity contribution in [3.05, 3.63) is 51.7 Å². The van der Waals surface area contributed by atoms with E-state index >= 15 is 0 Å². The van der Waals surface area contributed by atoms with Crippen molar-refractivity contribution in [1.29, 1.82) is 0 Å². The van der Waals surface area contributed by atoms with E-state index in [4.69, 9.17) is 0 Å². The van der Waals surface area contributed by atoms with Crippen LogP contribution in [-0.4, -0.2) is 42.3 Å². The third-order valence-corrected chi connectivity index (χ3v) is 5.27. The maximum absolute atomic E-state index is 12.8. The van der Waals surface area contributed by atoms with E-state index in [1.54, 1.807) is 17.5 Å². The Morgan fingerprint density at radius 1 is 1.15 bits per heavy atom. The molecule has 1 aliphatic heterocycles. The molecule has 142 valence electrons. The Morgan fingerprint density at radius 3 is 2.63 bits per heavy atom. The molecule has 1 aromatic carbocycles. The van der Waals surface area contributed by atoms with E-state index in [1.165, 1.54) is 11.3 Å². The van der Waals surface area contributed by atoms with Crippen LogP contribution in [0.2, 0.25) is 0 Å². The topological polar surface area (TPSA) is 78.5 Å². The molecule has 3 rings (SSSR count). The molecule has 2 aromatic rings. The van der Waals surface area contributed by atoms with Crippen molar-refractivity contribution < 1.29 is 14.4 Å². The first-order chi connectivity index (χ1) is 13.1. The second kappa shape index (κ2) is 8.81. The molecule has 7 heteroatoms. The molecule has 1 aliphatic rings. The van der Waals surface area contributed by atoms with Gasteiger partial charge in [-0.15, -0.1) is 0 Å². The average molecular weight is 385 g/mol. The van der Waals surface area contributed by atoms with Gasteiger partial charge in [0.25, 0.3) is 11.8 Å². The molecule has 0 unspecified atom stereocenters. The first-order valence-electron chi connectivity index (χ1n) is 9.05.